The summed E-state index contributed by atoms with van der Waals surface area (Å²) in [6.45, 7) is -0.755. The second kappa shape index (κ2) is 5.75. The monoisotopic (exact) mass is 307 g/mol. The largest absolute Gasteiger partial charge is 0.397 e. The molecule has 3 atom stereocenters. The van der Waals surface area contributed by atoms with Gasteiger partial charge in [0.05, 0.1) is 25.4 Å². The Labute approximate surface area is 104 Å². The highest BCUT2D eigenvalue weighted by atomic mass is 32.3. The second-order valence-electron chi connectivity index (χ2n) is 3.64. The Balaban J connectivity index is 2.80. The fraction of sp³-hybridized carbons (Fsp3) is 1.00. The normalized spacial score (nSPS) is 30.3. The first kappa shape index (κ1) is 15.7. The third-order valence-electron chi connectivity index (χ3n) is 2.20. The Hall–Kier alpha value is -0.340. The zero-order valence-corrected chi connectivity index (χ0v) is 10.6. The van der Waals surface area contributed by atoms with Gasteiger partial charge in [-0.2, -0.15) is 21.6 Å². The number of hydrogen-bond acceptors (Lipinski definition) is 7. The van der Waals surface area contributed by atoms with Gasteiger partial charge in [0, 0.05) is 6.42 Å². The summed E-state index contributed by atoms with van der Waals surface area (Å²) >= 11 is 0. The molecule has 1 rings (SSSR count). The minimum atomic E-state index is -4.80. The molecule has 0 aliphatic carbocycles. The van der Waals surface area contributed by atoms with Gasteiger partial charge < -0.3 is 9.84 Å². The maximum Gasteiger partial charge on any atom is 0.397 e. The van der Waals surface area contributed by atoms with E-state index in [1.165, 1.54) is 0 Å². The van der Waals surface area contributed by atoms with Crippen molar-refractivity contribution in [1.82, 2.24) is 4.72 Å². The first-order chi connectivity index (χ1) is 8.11. The minimum Gasteiger partial charge on any atom is -0.394 e. The van der Waals surface area contributed by atoms with Crippen LogP contribution in [0.2, 0.25) is 0 Å². The van der Waals surface area contributed by atoms with E-state index in [4.69, 9.17) is 18.9 Å². The number of nitrogens with one attached hydrogen (secondary N) is 1. The van der Waals surface area contributed by atoms with Gasteiger partial charge in [0.15, 0.2) is 0 Å². The summed E-state index contributed by atoms with van der Waals surface area (Å²) in [5.41, 5.74) is 0. The molecule has 4 N–H and O–H groups in total. The predicted octanol–water partition coefficient (Wildman–Crippen LogP) is -2.28. The molecule has 0 amide bonds. The molecule has 0 aromatic carbocycles. The van der Waals surface area contributed by atoms with E-state index in [0.717, 1.165) is 0 Å². The fourth-order valence-corrected chi connectivity index (χ4v) is 2.66. The average molecular weight is 307 g/mol. The Kier molecular flexibility index (Phi) is 5.02. The molecule has 0 saturated carbocycles. The molecule has 108 valence electrons. The van der Waals surface area contributed by atoms with E-state index in [9.17, 15) is 16.8 Å². The Bertz CT molecular complexity index is 471. The number of rotatable bonds is 5. The standard InChI is InChI=1S/C6H13NO9S2/c8-2-4-1-6(16-18(12,13)14)5(3-15-4)7-17(9,10)11/h4-8H,1-3H2,(H,9,10,11)(H,12,13,14)/t4?,5?,6-/m0/s1. The zero-order chi connectivity index (χ0) is 14.0. The molecule has 18 heavy (non-hydrogen) atoms. The first-order valence-corrected chi connectivity index (χ1v) is 7.54. The van der Waals surface area contributed by atoms with Crippen LogP contribution >= 0.6 is 0 Å². The van der Waals surface area contributed by atoms with Crippen molar-refractivity contribution in [1.29, 1.82) is 0 Å². The SMILES string of the molecule is O=S(=O)(O)NC1COC(CO)C[C@@H]1OS(=O)(=O)O. The quantitative estimate of drug-likeness (QED) is 0.410. The van der Waals surface area contributed by atoms with Crippen LogP contribution in [0, 0.1) is 0 Å². The van der Waals surface area contributed by atoms with Gasteiger partial charge in [-0.25, -0.2) is 4.18 Å². The summed E-state index contributed by atoms with van der Waals surface area (Å²) in [6.07, 6.45) is -2.23. The third-order valence-corrected chi connectivity index (χ3v) is 3.30. The Morgan fingerprint density at radius 2 is 1.89 bits per heavy atom. The highest BCUT2D eigenvalue weighted by molar-refractivity contribution is 7.83. The van der Waals surface area contributed by atoms with Gasteiger partial charge in [0.1, 0.15) is 6.10 Å². The molecule has 1 heterocycles. The first-order valence-electron chi connectivity index (χ1n) is 4.73. The molecule has 0 bridgehead atoms. The lowest BCUT2D eigenvalue weighted by Crippen LogP contribution is -2.53. The molecule has 0 radical (unpaired) electrons. The minimum absolute atomic E-state index is 0.177. The smallest absolute Gasteiger partial charge is 0.394 e. The van der Waals surface area contributed by atoms with E-state index in [1.54, 1.807) is 4.72 Å². The van der Waals surface area contributed by atoms with Gasteiger partial charge in [-0.15, -0.1) is 0 Å². The number of aliphatic hydroxyl groups excluding tert-OH is 1. The lowest BCUT2D eigenvalue weighted by Gasteiger charge is -2.33. The van der Waals surface area contributed by atoms with Crippen LogP contribution in [0.3, 0.4) is 0 Å². The second-order valence-corrected chi connectivity index (χ2v) is 5.87. The third kappa shape index (κ3) is 5.53. The van der Waals surface area contributed by atoms with Crippen LogP contribution in [-0.2, 0) is 29.6 Å². The van der Waals surface area contributed by atoms with Crippen molar-refractivity contribution < 1.29 is 40.0 Å². The van der Waals surface area contributed by atoms with E-state index in [2.05, 4.69) is 4.18 Å². The number of hydrogen-bond donors (Lipinski definition) is 4. The molecule has 10 nitrogen and oxygen atoms in total. The van der Waals surface area contributed by atoms with Gasteiger partial charge in [-0.05, 0) is 0 Å². The molecule has 12 heteroatoms. The van der Waals surface area contributed by atoms with E-state index >= 15 is 0 Å². The van der Waals surface area contributed by atoms with Gasteiger partial charge in [-0.3, -0.25) is 9.11 Å². The van der Waals surface area contributed by atoms with Crippen LogP contribution in [0.5, 0.6) is 0 Å². The summed E-state index contributed by atoms with van der Waals surface area (Å²) < 4.78 is 70.6. The zero-order valence-electron chi connectivity index (χ0n) is 8.96. The topological polar surface area (TPSA) is 159 Å². The van der Waals surface area contributed by atoms with Crippen molar-refractivity contribution in [2.24, 2.45) is 0 Å². The average Bonchev–Trinajstić information content (AvgIpc) is 2.16. The Morgan fingerprint density at radius 1 is 1.28 bits per heavy atom. The van der Waals surface area contributed by atoms with Crippen molar-refractivity contribution in [3.8, 4) is 0 Å². The van der Waals surface area contributed by atoms with Crippen molar-refractivity contribution in [3.63, 3.8) is 0 Å². The summed E-state index contributed by atoms with van der Waals surface area (Å²) in [4.78, 5) is 0. The van der Waals surface area contributed by atoms with E-state index in [0.29, 0.717) is 0 Å². The van der Waals surface area contributed by atoms with Gasteiger partial charge >= 0.3 is 20.7 Å². The van der Waals surface area contributed by atoms with Crippen LogP contribution in [0.25, 0.3) is 0 Å². The van der Waals surface area contributed by atoms with Crippen LogP contribution in [0.4, 0.5) is 0 Å². The van der Waals surface area contributed by atoms with Crippen molar-refractivity contribution in [2.45, 2.75) is 24.7 Å². The van der Waals surface area contributed by atoms with Crippen molar-refractivity contribution in [3.05, 3.63) is 0 Å². The van der Waals surface area contributed by atoms with E-state index in [-0.39, 0.29) is 13.0 Å². The van der Waals surface area contributed by atoms with Gasteiger partial charge in [0.25, 0.3) is 0 Å². The lowest BCUT2D eigenvalue weighted by atomic mass is 10.0. The number of aliphatic hydroxyl groups is 1. The highest BCUT2D eigenvalue weighted by Crippen LogP contribution is 2.19. The summed E-state index contributed by atoms with van der Waals surface area (Å²) in [5.74, 6) is 0. The van der Waals surface area contributed by atoms with Gasteiger partial charge in [-0.1, -0.05) is 0 Å². The van der Waals surface area contributed by atoms with E-state index in [1.807, 2.05) is 0 Å². The van der Waals surface area contributed by atoms with Crippen molar-refractivity contribution >= 4 is 20.7 Å². The molecule has 0 aromatic rings. The predicted molar refractivity (Wildman–Crippen MR) is 56.3 cm³/mol. The fourth-order valence-electron chi connectivity index (χ4n) is 1.53. The van der Waals surface area contributed by atoms with Crippen LogP contribution in [0.15, 0.2) is 0 Å². The summed E-state index contributed by atoms with van der Waals surface area (Å²) in [6, 6.07) is -1.20. The van der Waals surface area contributed by atoms with Crippen LogP contribution < -0.4 is 4.72 Å². The molecule has 1 aliphatic heterocycles. The molecule has 0 aromatic heterocycles. The molecule has 1 aliphatic rings. The van der Waals surface area contributed by atoms with E-state index < -0.39 is 45.6 Å². The van der Waals surface area contributed by atoms with Crippen LogP contribution in [0.1, 0.15) is 6.42 Å². The van der Waals surface area contributed by atoms with Crippen LogP contribution in [-0.4, -0.2) is 62.5 Å². The molecule has 1 fully saturated rings. The van der Waals surface area contributed by atoms with Gasteiger partial charge in [0.2, 0.25) is 0 Å². The highest BCUT2D eigenvalue weighted by Gasteiger charge is 2.36. The summed E-state index contributed by atoms with van der Waals surface area (Å²) in [5, 5.41) is 8.85. The molecule has 0 spiro atoms. The summed E-state index contributed by atoms with van der Waals surface area (Å²) in [7, 11) is -9.38. The molecule has 2 unspecified atom stereocenters. The molecular formula is C6H13NO9S2. The maximum atomic E-state index is 10.6. The van der Waals surface area contributed by atoms with Crippen molar-refractivity contribution in [2.75, 3.05) is 13.2 Å². The number of ether oxygens (including phenoxy) is 1. The molecule has 1 saturated heterocycles. The maximum absolute atomic E-state index is 10.6. The lowest BCUT2D eigenvalue weighted by molar-refractivity contribution is -0.0724. The molecular weight excluding hydrogens is 294 g/mol. The Morgan fingerprint density at radius 3 is 2.33 bits per heavy atom.